The highest BCUT2D eigenvalue weighted by molar-refractivity contribution is 6.03. The summed E-state index contributed by atoms with van der Waals surface area (Å²) < 4.78 is 39.0. The SMILES string of the molecule is CN(CCC1C=C(C#N)C(=O)C(C)(C)C1)C(=O)C1(C(F)(F)F)CC1. The van der Waals surface area contributed by atoms with E-state index in [1.807, 2.05) is 6.07 Å². The minimum absolute atomic E-state index is 0.0965. The third-order valence-corrected chi connectivity index (χ3v) is 5.04. The molecule has 0 aliphatic heterocycles. The molecule has 1 atom stereocenters. The first-order chi connectivity index (χ1) is 10.9. The Balaban J connectivity index is 2.01. The van der Waals surface area contributed by atoms with Gasteiger partial charge in [-0.05, 0) is 31.6 Å². The summed E-state index contributed by atoms with van der Waals surface area (Å²) >= 11 is 0. The van der Waals surface area contributed by atoms with E-state index in [-0.39, 0.29) is 36.7 Å². The monoisotopic (exact) mass is 342 g/mol. The second-order valence-corrected chi connectivity index (χ2v) is 7.46. The summed E-state index contributed by atoms with van der Waals surface area (Å²) in [5.74, 6) is -1.20. The van der Waals surface area contributed by atoms with E-state index in [0.717, 1.165) is 4.90 Å². The average Bonchev–Trinajstić information content (AvgIpc) is 3.28. The van der Waals surface area contributed by atoms with Crippen molar-refractivity contribution < 1.29 is 22.8 Å². The molecule has 0 heterocycles. The van der Waals surface area contributed by atoms with Crippen LogP contribution in [0.2, 0.25) is 0 Å². The third-order valence-electron chi connectivity index (χ3n) is 5.04. The van der Waals surface area contributed by atoms with Crippen molar-refractivity contribution >= 4 is 11.7 Å². The van der Waals surface area contributed by atoms with Crippen LogP contribution in [-0.2, 0) is 9.59 Å². The Hall–Kier alpha value is -1.84. The first-order valence-electron chi connectivity index (χ1n) is 7.94. The van der Waals surface area contributed by atoms with Gasteiger partial charge >= 0.3 is 6.18 Å². The number of alkyl halides is 3. The van der Waals surface area contributed by atoms with Crippen molar-refractivity contribution in [2.45, 2.75) is 45.7 Å². The molecule has 24 heavy (non-hydrogen) atoms. The first-order valence-corrected chi connectivity index (χ1v) is 7.94. The van der Waals surface area contributed by atoms with E-state index in [1.165, 1.54) is 7.05 Å². The highest BCUT2D eigenvalue weighted by Gasteiger charge is 2.69. The second-order valence-electron chi connectivity index (χ2n) is 7.46. The Morgan fingerprint density at radius 2 is 2.00 bits per heavy atom. The molecular formula is C17H21F3N2O2. The number of nitriles is 1. The van der Waals surface area contributed by atoms with Gasteiger partial charge in [-0.3, -0.25) is 9.59 Å². The summed E-state index contributed by atoms with van der Waals surface area (Å²) in [5, 5.41) is 9.05. The van der Waals surface area contributed by atoms with E-state index < -0.39 is 22.9 Å². The van der Waals surface area contributed by atoms with Gasteiger partial charge < -0.3 is 4.90 Å². The van der Waals surface area contributed by atoms with Crippen molar-refractivity contribution in [1.82, 2.24) is 4.90 Å². The molecule has 0 N–H and O–H groups in total. The maximum atomic E-state index is 13.0. The molecule has 1 unspecified atom stereocenters. The van der Waals surface area contributed by atoms with Gasteiger partial charge in [-0.1, -0.05) is 19.9 Å². The third kappa shape index (κ3) is 3.19. The van der Waals surface area contributed by atoms with Gasteiger partial charge in [0.2, 0.25) is 5.91 Å². The van der Waals surface area contributed by atoms with Crippen LogP contribution in [0.1, 0.15) is 39.5 Å². The minimum atomic E-state index is -4.51. The van der Waals surface area contributed by atoms with Crippen molar-refractivity contribution in [2.75, 3.05) is 13.6 Å². The van der Waals surface area contributed by atoms with E-state index in [4.69, 9.17) is 5.26 Å². The van der Waals surface area contributed by atoms with Crippen molar-refractivity contribution in [1.29, 1.82) is 5.26 Å². The summed E-state index contributed by atoms with van der Waals surface area (Å²) in [5.41, 5.74) is -2.77. The maximum absolute atomic E-state index is 13.0. The Morgan fingerprint density at radius 1 is 1.42 bits per heavy atom. The molecule has 2 aliphatic rings. The van der Waals surface area contributed by atoms with Crippen LogP contribution in [0.25, 0.3) is 0 Å². The van der Waals surface area contributed by atoms with E-state index in [2.05, 4.69) is 0 Å². The summed E-state index contributed by atoms with van der Waals surface area (Å²) in [4.78, 5) is 25.3. The molecule has 0 saturated heterocycles. The fourth-order valence-corrected chi connectivity index (χ4v) is 3.33. The molecule has 1 amide bonds. The number of allylic oxidation sites excluding steroid dienone is 2. The van der Waals surface area contributed by atoms with Gasteiger partial charge in [0.15, 0.2) is 5.78 Å². The fourth-order valence-electron chi connectivity index (χ4n) is 3.33. The van der Waals surface area contributed by atoms with Gasteiger partial charge in [-0.15, -0.1) is 0 Å². The van der Waals surface area contributed by atoms with Gasteiger partial charge in [-0.2, -0.15) is 18.4 Å². The van der Waals surface area contributed by atoms with Crippen LogP contribution >= 0.6 is 0 Å². The predicted molar refractivity (Wildman–Crippen MR) is 80.6 cm³/mol. The van der Waals surface area contributed by atoms with Crippen LogP contribution in [0.15, 0.2) is 11.6 Å². The molecule has 0 aromatic rings. The minimum Gasteiger partial charge on any atom is -0.345 e. The second kappa shape index (κ2) is 5.91. The lowest BCUT2D eigenvalue weighted by Gasteiger charge is -2.32. The van der Waals surface area contributed by atoms with Gasteiger partial charge in [-0.25, -0.2) is 0 Å². The molecule has 0 aromatic heterocycles. The zero-order chi connectivity index (χ0) is 18.3. The number of carbonyl (C=O) groups excluding carboxylic acids is 2. The van der Waals surface area contributed by atoms with E-state index >= 15 is 0 Å². The number of rotatable bonds is 4. The standard InChI is InChI=1S/C17H21F3N2O2/c1-15(2)9-11(8-12(10-21)13(15)23)4-7-22(3)14(24)16(5-6-16)17(18,19)20/h8,11H,4-7,9H2,1-3H3. The lowest BCUT2D eigenvalue weighted by Crippen LogP contribution is -2.43. The number of amides is 1. The zero-order valence-electron chi connectivity index (χ0n) is 14.0. The first kappa shape index (κ1) is 18.5. The molecule has 1 saturated carbocycles. The number of Topliss-reactive ketones (excluding diaryl/α,β-unsaturated/α-hetero) is 1. The van der Waals surface area contributed by atoms with Crippen LogP contribution in [0.5, 0.6) is 0 Å². The predicted octanol–water partition coefficient (Wildman–Crippen LogP) is 3.24. The quantitative estimate of drug-likeness (QED) is 0.788. The van der Waals surface area contributed by atoms with E-state index in [1.54, 1.807) is 19.9 Å². The summed E-state index contributed by atoms with van der Waals surface area (Å²) in [6, 6.07) is 1.89. The van der Waals surface area contributed by atoms with E-state index in [9.17, 15) is 22.8 Å². The van der Waals surface area contributed by atoms with Crippen molar-refractivity contribution in [3.8, 4) is 6.07 Å². The van der Waals surface area contributed by atoms with Crippen LogP contribution in [0.4, 0.5) is 13.2 Å². The molecule has 0 aromatic carbocycles. The molecular weight excluding hydrogens is 321 g/mol. The summed E-state index contributed by atoms with van der Waals surface area (Å²) in [6.07, 6.45) is -2.28. The average molecular weight is 342 g/mol. The lowest BCUT2D eigenvalue weighted by atomic mass is 9.71. The molecule has 7 heteroatoms. The smallest absolute Gasteiger partial charge is 0.345 e. The van der Waals surface area contributed by atoms with Crippen LogP contribution < -0.4 is 0 Å². The number of halogens is 3. The zero-order valence-corrected chi connectivity index (χ0v) is 14.0. The molecule has 132 valence electrons. The van der Waals surface area contributed by atoms with E-state index in [0.29, 0.717) is 12.8 Å². The number of carbonyl (C=O) groups is 2. The number of hydrogen-bond acceptors (Lipinski definition) is 3. The summed E-state index contributed by atoms with van der Waals surface area (Å²) in [7, 11) is 1.38. The Bertz CT molecular complexity index is 625. The van der Waals surface area contributed by atoms with Gasteiger partial charge in [0.05, 0.1) is 5.57 Å². The molecule has 1 fully saturated rings. The number of ketones is 1. The molecule has 0 bridgehead atoms. The van der Waals surface area contributed by atoms with Crippen molar-refractivity contribution in [2.24, 2.45) is 16.7 Å². The fraction of sp³-hybridized carbons (Fsp3) is 0.706. The summed E-state index contributed by atoms with van der Waals surface area (Å²) in [6.45, 7) is 3.68. The Labute approximate surface area is 139 Å². The molecule has 2 aliphatic carbocycles. The van der Waals surface area contributed by atoms with Crippen molar-refractivity contribution in [3.63, 3.8) is 0 Å². The molecule has 2 rings (SSSR count). The Kier molecular flexibility index (Phi) is 4.55. The Morgan fingerprint density at radius 3 is 2.46 bits per heavy atom. The highest BCUT2D eigenvalue weighted by atomic mass is 19.4. The number of nitrogens with zero attached hydrogens (tertiary/aromatic N) is 2. The molecule has 0 radical (unpaired) electrons. The van der Waals surface area contributed by atoms with Gasteiger partial charge in [0.25, 0.3) is 0 Å². The lowest BCUT2D eigenvalue weighted by molar-refractivity contribution is -0.197. The molecule has 0 spiro atoms. The van der Waals surface area contributed by atoms with Crippen LogP contribution in [-0.4, -0.2) is 36.4 Å². The largest absolute Gasteiger partial charge is 0.403 e. The van der Waals surface area contributed by atoms with Gasteiger partial charge in [0, 0.05) is 19.0 Å². The van der Waals surface area contributed by atoms with Gasteiger partial charge in [0.1, 0.15) is 11.5 Å². The van der Waals surface area contributed by atoms with Crippen LogP contribution in [0, 0.1) is 28.1 Å². The normalized spacial score (nSPS) is 24.8. The maximum Gasteiger partial charge on any atom is 0.403 e. The molecule has 4 nitrogen and oxygen atoms in total. The topological polar surface area (TPSA) is 61.2 Å². The number of hydrogen-bond donors (Lipinski definition) is 0. The highest BCUT2D eigenvalue weighted by Crippen LogP contribution is 2.58. The van der Waals surface area contributed by atoms with Crippen molar-refractivity contribution in [3.05, 3.63) is 11.6 Å². The van der Waals surface area contributed by atoms with Crippen LogP contribution in [0.3, 0.4) is 0 Å².